The standard InChI is InChI=1S/C74H51NOSi/c1-77(2)73-46-61(60-36-42-72-68(45-60)63-15-9-10-16-71(63)76-72)33-38-64(73)65-39-37-62(47-74(65)77)75-69-40-34-58(56-29-25-54(26-30-56)52-21-17-50(18-22-52)48-11-5-3-6-12-48)43-66(69)67-44-59(35-41-70(67)75)57-31-27-55(28-32-57)53-23-19-51(20-24-53)49-13-7-4-8-14-49/h3-47H,1-2H3. The van der Waals surface area contributed by atoms with Crippen LogP contribution in [0.1, 0.15) is 0 Å². The molecule has 1 aliphatic heterocycles. The number of aromatic nitrogens is 1. The highest BCUT2D eigenvalue weighted by Crippen LogP contribution is 2.41. The molecule has 0 spiro atoms. The summed E-state index contributed by atoms with van der Waals surface area (Å²) in [5, 5.41) is 7.76. The first kappa shape index (κ1) is 44.9. The van der Waals surface area contributed by atoms with Crippen LogP contribution in [0.3, 0.4) is 0 Å². The monoisotopic (exact) mass is 997 g/mol. The van der Waals surface area contributed by atoms with Crippen molar-refractivity contribution in [3.05, 3.63) is 273 Å². The van der Waals surface area contributed by atoms with E-state index in [2.05, 4.69) is 285 Å². The molecule has 0 aliphatic carbocycles. The van der Waals surface area contributed by atoms with Gasteiger partial charge in [-0.3, -0.25) is 0 Å². The Labute approximate surface area is 449 Å². The molecule has 0 unspecified atom stereocenters. The molecule has 2 aromatic heterocycles. The molecule has 362 valence electrons. The van der Waals surface area contributed by atoms with Crippen LogP contribution >= 0.6 is 0 Å². The first-order valence-electron chi connectivity index (χ1n) is 26.7. The minimum absolute atomic E-state index is 0.925. The van der Waals surface area contributed by atoms with Gasteiger partial charge < -0.3 is 8.98 Å². The fourth-order valence-corrected chi connectivity index (χ4v) is 15.4. The molecule has 0 atom stereocenters. The molecular weight excluding hydrogens is 947 g/mol. The fraction of sp³-hybridized carbons (Fsp3) is 0.0270. The first-order valence-corrected chi connectivity index (χ1v) is 29.7. The van der Waals surface area contributed by atoms with Crippen LogP contribution in [0.2, 0.25) is 13.1 Å². The molecule has 0 saturated carbocycles. The Bertz CT molecular complexity index is 4400. The van der Waals surface area contributed by atoms with Crippen molar-refractivity contribution >= 4 is 62.2 Å². The number of hydrogen-bond acceptors (Lipinski definition) is 1. The third kappa shape index (κ3) is 7.61. The van der Waals surface area contributed by atoms with Crippen molar-refractivity contribution in [1.29, 1.82) is 0 Å². The molecule has 77 heavy (non-hydrogen) atoms. The quantitative estimate of drug-likeness (QED) is 0.139. The minimum Gasteiger partial charge on any atom is -0.456 e. The number of benzene rings is 12. The van der Waals surface area contributed by atoms with Crippen LogP contribution in [0.25, 0.3) is 138 Å². The van der Waals surface area contributed by atoms with Crippen LogP contribution in [0, 0.1) is 0 Å². The molecule has 12 aromatic carbocycles. The van der Waals surface area contributed by atoms with Crippen LogP contribution in [0.4, 0.5) is 0 Å². The largest absolute Gasteiger partial charge is 0.456 e. The molecule has 3 heteroatoms. The molecule has 0 fully saturated rings. The van der Waals surface area contributed by atoms with E-state index in [1.807, 2.05) is 6.07 Å². The molecular formula is C74H51NOSi. The van der Waals surface area contributed by atoms with Gasteiger partial charge in [-0.15, -0.1) is 0 Å². The van der Waals surface area contributed by atoms with Gasteiger partial charge in [-0.25, -0.2) is 0 Å². The van der Waals surface area contributed by atoms with Crippen LogP contribution in [-0.4, -0.2) is 12.6 Å². The first-order chi connectivity index (χ1) is 37.9. The maximum absolute atomic E-state index is 6.21. The second kappa shape index (κ2) is 17.8. The van der Waals surface area contributed by atoms with Gasteiger partial charge in [-0.1, -0.05) is 231 Å². The maximum atomic E-state index is 6.21. The molecule has 3 heterocycles. The van der Waals surface area contributed by atoms with Gasteiger partial charge in [0.2, 0.25) is 0 Å². The summed E-state index contributed by atoms with van der Waals surface area (Å²) in [7, 11) is -2.14. The normalized spacial score (nSPS) is 12.6. The average Bonchev–Trinajstić information content (AvgIpc) is 4.21. The molecule has 1 aliphatic rings. The van der Waals surface area contributed by atoms with E-state index in [-0.39, 0.29) is 0 Å². The highest BCUT2D eigenvalue weighted by Gasteiger charge is 2.38. The van der Waals surface area contributed by atoms with Crippen LogP contribution in [0.5, 0.6) is 0 Å². The predicted octanol–water partition coefficient (Wildman–Crippen LogP) is 19.2. The molecule has 0 N–H and O–H groups in total. The molecule has 14 aromatic rings. The average molecular weight is 998 g/mol. The highest BCUT2D eigenvalue weighted by molar-refractivity contribution is 7.03. The van der Waals surface area contributed by atoms with Gasteiger partial charge in [-0.05, 0) is 154 Å². The lowest BCUT2D eigenvalue weighted by Gasteiger charge is -2.20. The molecule has 0 saturated heterocycles. The zero-order valence-corrected chi connectivity index (χ0v) is 43.8. The van der Waals surface area contributed by atoms with Gasteiger partial charge in [-0.2, -0.15) is 0 Å². The summed E-state index contributed by atoms with van der Waals surface area (Å²) < 4.78 is 8.71. The number of furan rings is 1. The third-order valence-electron chi connectivity index (χ3n) is 16.5. The molecule has 15 rings (SSSR count). The van der Waals surface area contributed by atoms with E-state index in [4.69, 9.17) is 4.42 Å². The summed E-state index contributed by atoms with van der Waals surface area (Å²) in [6.45, 7) is 5.05. The molecule has 2 nitrogen and oxygen atoms in total. The fourth-order valence-electron chi connectivity index (χ4n) is 12.3. The van der Waals surface area contributed by atoms with Crippen molar-refractivity contribution in [2.45, 2.75) is 13.1 Å². The van der Waals surface area contributed by atoms with Crippen molar-refractivity contribution < 1.29 is 4.42 Å². The Morgan fingerprint density at radius 1 is 0.260 bits per heavy atom. The van der Waals surface area contributed by atoms with E-state index >= 15 is 0 Å². The number of rotatable bonds is 8. The Kier molecular flexibility index (Phi) is 10.4. The Balaban J connectivity index is 0.802. The summed E-state index contributed by atoms with van der Waals surface area (Å²) in [4.78, 5) is 0. The summed E-state index contributed by atoms with van der Waals surface area (Å²) in [6.07, 6.45) is 0. The zero-order chi connectivity index (χ0) is 51.2. The summed E-state index contributed by atoms with van der Waals surface area (Å²) >= 11 is 0. The van der Waals surface area contributed by atoms with Crippen molar-refractivity contribution in [1.82, 2.24) is 4.57 Å². The topological polar surface area (TPSA) is 18.1 Å². The van der Waals surface area contributed by atoms with Crippen molar-refractivity contribution in [2.24, 2.45) is 0 Å². The van der Waals surface area contributed by atoms with Crippen LogP contribution < -0.4 is 10.4 Å². The summed E-state index contributed by atoms with van der Waals surface area (Å²) in [5.74, 6) is 0. The van der Waals surface area contributed by atoms with E-state index < -0.39 is 8.07 Å². The van der Waals surface area contributed by atoms with E-state index in [9.17, 15) is 0 Å². The minimum atomic E-state index is -2.14. The number of fused-ring (bicyclic) bond motifs is 9. The van der Waals surface area contributed by atoms with Crippen molar-refractivity contribution in [3.8, 4) is 94.7 Å². The van der Waals surface area contributed by atoms with Gasteiger partial charge in [0.25, 0.3) is 0 Å². The SMILES string of the molecule is C[Si]1(C)c2cc(-c3ccc4oc5ccccc5c4c3)ccc2-c2ccc(-n3c4ccc(-c5ccc(-c6ccc(-c7ccccc7)cc6)cc5)cc4c4cc(-c5ccc(-c6ccc(-c7ccccc7)cc6)cc5)ccc43)cc21. The van der Waals surface area contributed by atoms with Crippen molar-refractivity contribution in [2.75, 3.05) is 0 Å². The van der Waals surface area contributed by atoms with Gasteiger partial charge in [0.15, 0.2) is 0 Å². The number of para-hydroxylation sites is 1. The van der Waals surface area contributed by atoms with Crippen LogP contribution in [0.15, 0.2) is 277 Å². The number of hydrogen-bond donors (Lipinski definition) is 0. The summed E-state index contributed by atoms with van der Waals surface area (Å²) in [5.41, 5.74) is 25.2. The van der Waals surface area contributed by atoms with Gasteiger partial charge >= 0.3 is 0 Å². The third-order valence-corrected chi connectivity index (χ3v) is 20.0. The predicted molar refractivity (Wildman–Crippen MR) is 328 cm³/mol. The molecule has 0 amide bonds. The highest BCUT2D eigenvalue weighted by atomic mass is 28.3. The van der Waals surface area contributed by atoms with Gasteiger partial charge in [0, 0.05) is 27.2 Å². The van der Waals surface area contributed by atoms with E-state index in [0.717, 1.165) is 21.9 Å². The van der Waals surface area contributed by atoms with Gasteiger partial charge in [0.05, 0.1) is 11.0 Å². The number of nitrogens with zero attached hydrogens (tertiary/aromatic N) is 1. The zero-order valence-electron chi connectivity index (χ0n) is 42.8. The second-order valence-electron chi connectivity index (χ2n) is 21.3. The van der Waals surface area contributed by atoms with E-state index in [1.165, 1.54) is 127 Å². The Morgan fingerprint density at radius 3 is 1.10 bits per heavy atom. The Hall–Kier alpha value is -9.54. The Morgan fingerprint density at radius 2 is 0.597 bits per heavy atom. The van der Waals surface area contributed by atoms with Crippen molar-refractivity contribution in [3.63, 3.8) is 0 Å². The summed E-state index contributed by atoms with van der Waals surface area (Å²) in [6, 6.07) is 101. The lowest BCUT2D eigenvalue weighted by Crippen LogP contribution is -2.49. The van der Waals surface area contributed by atoms with Gasteiger partial charge in [0.1, 0.15) is 19.2 Å². The second-order valence-corrected chi connectivity index (χ2v) is 25.6. The van der Waals surface area contributed by atoms with E-state index in [0.29, 0.717) is 0 Å². The smallest absolute Gasteiger partial charge is 0.135 e. The lowest BCUT2D eigenvalue weighted by atomic mass is 9.96. The van der Waals surface area contributed by atoms with Crippen LogP contribution in [-0.2, 0) is 0 Å². The van der Waals surface area contributed by atoms with E-state index in [1.54, 1.807) is 0 Å². The molecule has 0 radical (unpaired) electrons. The maximum Gasteiger partial charge on any atom is 0.135 e. The molecule has 0 bridgehead atoms. The lowest BCUT2D eigenvalue weighted by molar-refractivity contribution is 0.669.